The van der Waals surface area contributed by atoms with Crippen LogP contribution in [0.25, 0.3) is 0 Å². The van der Waals surface area contributed by atoms with Crippen LogP contribution in [-0.4, -0.2) is 46.5 Å². The molecule has 0 fully saturated rings. The molecule has 0 saturated heterocycles. The zero-order valence-electron chi connectivity index (χ0n) is 12.6. The first-order chi connectivity index (χ1) is 9.36. The van der Waals surface area contributed by atoms with Crippen LogP contribution in [0.2, 0.25) is 0 Å². The highest BCUT2D eigenvalue weighted by atomic mass is 32.2. The highest BCUT2D eigenvalue weighted by Crippen LogP contribution is 2.13. The van der Waals surface area contributed by atoms with Crippen molar-refractivity contribution < 1.29 is 12.8 Å². The lowest BCUT2D eigenvalue weighted by Gasteiger charge is -2.20. The molecule has 0 radical (unpaired) electrons. The van der Waals surface area contributed by atoms with Gasteiger partial charge in [0.05, 0.1) is 6.54 Å². The van der Waals surface area contributed by atoms with Gasteiger partial charge in [-0.2, -0.15) is 0 Å². The van der Waals surface area contributed by atoms with Gasteiger partial charge in [-0.15, -0.1) is 0 Å². The average molecular weight is 303 g/mol. The van der Waals surface area contributed by atoms with E-state index in [2.05, 4.69) is 35.8 Å². The normalized spacial score (nSPS) is 12.5. The van der Waals surface area contributed by atoms with Crippen LogP contribution < -0.4 is 10.0 Å². The number of hydrogen-bond acceptors (Lipinski definition) is 5. The summed E-state index contributed by atoms with van der Waals surface area (Å²) in [4.78, 5) is 2.28. The summed E-state index contributed by atoms with van der Waals surface area (Å²) in [6.07, 6.45) is 1.04. The van der Waals surface area contributed by atoms with Gasteiger partial charge in [-0.25, -0.2) is 13.1 Å². The second-order valence-corrected chi connectivity index (χ2v) is 6.85. The van der Waals surface area contributed by atoms with Crippen LogP contribution in [0.4, 0.5) is 0 Å². The summed E-state index contributed by atoms with van der Waals surface area (Å²) in [5, 5.41) is 3.20. The van der Waals surface area contributed by atoms with Gasteiger partial charge in [-0.05, 0) is 59.6 Å². The minimum Gasteiger partial charge on any atom is -0.447 e. The Morgan fingerprint density at radius 2 is 2.05 bits per heavy atom. The fourth-order valence-electron chi connectivity index (χ4n) is 1.62. The summed E-state index contributed by atoms with van der Waals surface area (Å²) in [5.41, 5.74) is 0. The lowest BCUT2D eigenvalue weighted by atomic mass is 10.3. The molecule has 0 amide bonds. The van der Waals surface area contributed by atoms with Crippen molar-refractivity contribution in [1.82, 2.24) is 14.9 Å². The SMILES string of the molecule is CNS(=O)(=O)c1ccc(CNCCCN(C)C(C)C)o1. The third-order valence-electron chi connectivity index (χ3n) is 3.22. The van der Waals surface area contributed by atoms with Gasteiger partial charge < -0.3 is 14.6 Å². The van der Waals surface area contributed by atoms with Crippen molar-refractivity contribution >= 4 is 10.0 Å². The van der Waals surface area contributed by atoms with E-state index in [1.165, 1.54) is 13.1 Å². The minimum absolute atomic E-state index is 0.0451. The van der Waals surface area contributed by atoms with Crippen molar-refractivity contribution in [3.63, 3.8) is 0 Å². The molecule has 7 heteroatoms. The number of nitrogens with zero attached hydrogens (tertiary/aromatic N) is 1. The van der Waals surface area contributed by atoms with Crippen molar-refractivity contribution in [3.8, 4) is 0 Å². The molecule has 0 aromatic carbocycles. The van der Waals surface area contributed by atoms with E-state index in [0.717, 1.165) is 19.5 Å². The zero-order valence-corrected chi connectivity index (χ0v) is 13.5. The molecule has 1 heterocycles. The smallest absolute Gasteiger partial charge is 0.273 e. The summed E-state index contributed by atoms with van der Waals surface area (Å²) in [5.74, 6) is 0.621. The van der Waals surface area contributed by atoms with E-state index >= 15 is 0 Å². The van der Waals surface area contributed by atoms with E-state index in [4.69, 9.17) is 4.42 Å². The molecule has 6 nitrogen and oxygen atoms in total. The molecule has 0 aliphatic carbocycles. The van der Waals surface area contributed by atoms with E-state index in [1.54, 1.807) is 6.07 Å². The first-order valence-corrected chi connectivity index (χ1v) is 8.28. The predicted molar refractivity (Wildman–Crippen MR) is 79.0 cm³/mol. The zero-order chi connectivity index (χ0) is 15.2. The fourth-order valence-corrected chi connectivity index (χ4v) is 2.29. The summed E-state index contributed by atoms with van der Waals surface area (Å²) in [6.45, 7) is 6.76. The molecule has 1 aromatic heterocycles. The second kappa shape index (κ2) is 7.78. The van der Waals surface area contributed by atoms with Crippen molar-refractivity contribution in [3.05, 3.63) is 17.9 Å². The Bertz CT molecular complexity index is 497. The number of sulfonamides is 1. The molecule has 0 bridgehead atoms. The molecule has 1 rings (SSSR count). The van der Waals surface area contributed by atoms with Crippen LogP contribution in [0.5, 0.6) is 0 Å². The molecule has 0 aliphatic rings. The van der Waals surface area contributed by atoms with Gasteiger partial charge in [0.15, 0.2) is 0 Å². The lowest BCUT2D eigenvalue weighted by Crippen LogP contribution is -2.29. The molecule has 20 heavy (non-hydrogen) atoms. The molecule has 0 aliphatic heterocycles. The van der Waals surface area contributed by atoms with E-state index in [9.17, 15) is 8.42 Å². The van der Waals surface area contributed by atoms with E-state index in [-0.39, 0.29) is 5.09 Å². The van der Waals surface area contributed by atoms with Crippen LogP contribution in [0.15, 0.2) is 21.6 Å². The standard InChI is InChI=1S/C13H25N3O3S/c1-11(2)16(4)9-5-8-15-10-12-6-7-13(19-12)20(17,18)14-3/h6-7,11,14-15H,5,8-10H2,1-4H3. The van der Waals surface area contributed by atoms with E-state index < -0.39 is 10.0 Å². The minimum atomic E-state index is -3.48. The summed E-state index contributed by atoms with van der Waals surface area (Å²) in [6, 6.07) is 3.70. The Kier molecular flexibility index (Phi) is 6.67. The average Bonchev–Trinajstić information content (AvgIpc) is 2.87. The monoisotopic (exact) mass is 303 g/mol. The summed E-state index contributed by atoms with van der Waals surface area (Å²) < 4.78 is 30.5. The molecule has 0 atom stereocenters. The number of hydrogen-bond donors (Lipinski definition) is 2. The largest absolute Gasteiger partial charge is 0.447 e. The Balaban J connectivity index is 2.30. The van der Waals surface area contributed by atoms with Crippen molar-refractivity contribution in [2.24, 2.45) is 0 Å². The van der Waals surface area contributed by atoms with Crippen molar-refractivity contribution in [1.29, 1.82) is 0 Å². The Morgan fingerprint density at radius 1 is 1.35 bits per heavy atom. The van der Waals surface area contributed by atoms with Gasteiger partial charge in [0.2, 0.25) is 5.09 Å². The summed E-state index contributed by atoms with van der Waals surface area (Å²) in [7, 11) is -0.0191. The molecule has 116 valence electrons. The lowest BCUT2D eigenvalue weighted by molar-refractivity contribution is 0.268. The maximum Gasteiger partial charge on any atom is 0.273 e. The molecule has 1 aromatic rings. The third-order valence-corrected chi connectivity index (χ3v) is 4.50. The molecular weight excluding hydrogens is 278 g/mol. The Hall–Kier alpha value is -0.890. The molecular formula is C13H25N3O3S. The van der Waals surface area contributed by atoms with Gasteiger partial charge >= 0.3 is 0 Å². The quantitative estimate of drug-likeness (QED) is 0.666. The van der Waals surface area contributed by atoms with E-state index in [0.29, 0.717) is 18.3 Å². The summed E-state index contributed by atoms with van der Waals surface area (Å²) >= 11 is 0. The maximum atomic E-state index is 11.5. The van der Waals surface area contributed by atoms with Crippen LogP contribution in [0.1, 0.15) is 26.0 Å². The molecule has 0 unspecified atom stereocenters. The Morgan fingerprint density at radius 3 is 2.65 bits per heavy atom. The van der Waals surface area contributed by atoms with Gasteiger partial charge in [0.1, 0.15) is 5.76 Å². The fraction of sp³-hybridized carbons (Fsp3) is 0.692. The van der Waals surface area contributed by atoms with Gasteiger partial charge in [-0.3, -0.25) is 0 Å². The topological polar surface area (TPSA) is 74.6 Å². The number of furan rings is 1. The predicted octanol–water partition coefficient (Wildman–Crippen LogP) is 1.01. The van der Waals surface area contributed by atoms with Crippen molar-refractivity contribution in [2.45, 2.75) is 37.9 Å². The van der Waals surface area contributed by atoms with Crippen molar-refractivity contribution in [2.75, 3.05) is 27.2 Å². The number of rotatable bonds is 9. The van der Waals surface area contributed by atoms with Crippen LogP contribution in [-0.2, 0) is 16.6 Å². The maximum absolute atomic E-state index is 11.5. The molecule has 2 N–H and O–H groups in total. The van der Waals surface area contributed by atoms with Gasteiger partial charge in [0, 0.05) is 6.04 Å². The third kappa shape index (κ3) is 5.24. The van der Waals surface area contributed by atoms with Gasteiger partial charge in [-0.1, -0.05) is 0 Å². The first kappa shape index (κ1) is 17.2. The number of nitrogens with one attached hydrogen (secondary N) is 2. The van der Waals surface area contributed by atoms with Crippen LogP contribution in [0, 0.1) is 0 Å². The molecule has 0 saturated carbocycles. The second-order valence-electron chi connectivity index (χ2n) is 5.03. The highest BCUT2D eigenvalue weighted by molar-refractivity contribution is 7.89. The van der Waals surface area contributed by atoms with Gasteiger partial charge in [0.25, 0.3) is 10.0 Å². The van der Waals surface area contributed by atoms with Crippen LogP contribution in [0.3, 0.4) is 0 Å². The molecule has 0 spiro atoms. The first-order valence-electron chi connectivity index (χ1n) is 6.80. The van der Waals surface area contributed by atoms with Crippen LogP contribution >= 0.6 is 0 Å². The Labute approximate surface area is 121 Å². The highest BCUT2D eigenvalue weighted by Gasteiger charge is 2.15. The van der Waals surface area contributed by atoms with E-state index in [1.807, 2.05) is 0 Å².